The molecule has 0 saturated carbocycles. The zero-order valence-corrected chi connectivity index (χ0v) is 21.1. The Balaban J connectivity index is 1.71. The smallest absolute Gasteiger partial charge is 0.265 e. The van der Waals surface area contributed by atoms with Gasteiger partial charge in [-0.2, -0.15) is 5.06 Å². The lowest BCUT2D eigenvalue weighted by Crippen LogP contribution is -2.36. The van der Waals surface area contributed by atoms with Crippen molar-refractivity contribution in [2.45, 2.75) is 53.2 Å². The maximum atomic E-state index is 14.7. The van der Waals surface area contributed by atoms with Crippen LogP contribution in [0.5, 0.6) is 5.75 Å². The summed E-state index contributed by atoms with van der Waals surface area (Å²) in [6.07, 6.45) is 7.28. The van der Waals surface area contributed by atoms with Crippen molar-refractivity contribution in [3.8, 4) is 5.75 Å². The predicted molar refractivity (Wildman–Crippen MR) is 134 cm³/mol. The number of anilines is 1. The van der Waals surface area contributed by atoms with Crippen molar-refractivity contribution < 1.29 is 27.9 Å². The minimum absolute atomic E-state index is 0.0828. The quantitative estimate of drug-likeness (QED) is 0.372. The van der Waals surface area contributed by atoms with Gasteiger partial charge in [0.1, 0.15) is 17.4 Å². The van der Waals surface area contributed by atoms with Crippen LogP contribution in [0.15, 0.2) is 59.0 Å². The number of hydrogen-bond acceptors (Lipinski definition) is 5. The number of carbonyl (C=O) groups is 2. The average molecular weight is 502 g/mol. The van der Waals surface area contributed by atoms with Crippen LogP contribution < -0.4 is 15.4 Å². The summed E-state index contributed by atoms with van der Waals surface area (Å²) in [7, 11) is 0. The standard InChI is InChI=1S/C27H33F2N3O4/c1-5-8-18(26(33)30-7-3)9-10-21(17(4)28)19-11-12-32(35-16-19)15-20-13-23-25(14-22(20)29)36-24(6-2)27(34)31-23/h8-11,13-14,24H,5-7,12,15-16H2,1-4H3,(H,30,33)(H,31,34)/b10-9-,18-8-,21-17-. The molecule has 9 heteroatoms. The highest BCUT2D eigenvalue weighted by atomic mass is 19.1. The Hall–Kier alpha value is -3.30. The number of rotatable bonds is 9. The Morgan fingerprint density at radius 3 is 2.67 bits per heavy atom. The number of amides is 2. The molecule has 2 aliphatic heterocycles. The van der Waals surface area contributed by atoms with E-state index >= 15 is 0 Å². The molecule has 0 bridgehead atoms. The molecule has 2 heterocycles. The summed E-state index contributed by atoms with van der Waals surface area (Å²) < 4.78 is 34.7. The second-order valence-electron chi connectivity index (χ2n) is 8.48. The number of hydrogen-bond donors (Lipinski definition) is 2. The van der Waals surface area contributed by atoms with Gasteiger partial charge in [0, 0.05) is 35.9 Å². The fourth-order valence-electron chi connectivity index (χ4n) is 3.91. The van der Waals surface area contributed by atoms with Gasteiger partial charge in [0.2, 0.25) is 0 Å². The molecule has 3 rings (SSSR count). The van der Waals surface area contributed by atoms with Crippen LogP contribution in [-0.2, 0) is 21.0 Å². The number of ether oxygens (including phenoxy) is 1. The van der Waals surface area contributed by atoms with Crippen LogP contribution in [-0.4, -0.2) is 42.7 Å². The van der Waals surface area contributed by atoms with Crippen molar-refractivity contribution in [2.24, 2.45) is 0 Å². The minimum Gasteiger partial charge on any atom is -0.478 e. The second kappa shape index (κ2) is 12.6. The zero-order chi connectivity index (χ0) is 26.2. The van der Waals surface area contributed by atoms with E-state index in [1.165, 1.54) is 13.0 Å². The van der Waals surface area contributed by atoms with E-state index in [4.69, 9.17) is 9.57 Å². The molecular formula is C27H33F2N3O4. The summed E-state index contributed by atoms with van der Waals surface area (Å²) in [6, 6.07) is 2.81. The molecule has 194 valence electrons. The number of allylic oxidation sites excluding steroid dienone is 3. The van der Waals surface area contributed by atoms with Gasteiger partial charge in [0.05, 0.1) is 18.8 Å². The lowest BCUT2D eigenvalue weighted by Gasteiger charge is -2.28. The molecule has 7 nitrogen and oxygen atoms in total. The van der Waals surface area contributed by atoms with Crippen LogP contribution in [0.4, 0.5) is 14.5 Å². The van der Waals surface area contributed by atoms with E-state index < -0.39 is 17.7 Å². The third kappa shape index (κ3) is 6.67. The molecular weight excluding hydrogens is 468 g/mol. The molecule has 0 radical (unpaired) electrons. The molecule has 0 aromatic heterocycles. The molecule has 1 unspecified atom stereocenters. The Bertz CT molecular complexity index is 1120. The molecule has 2 amide bonds. The van der Waals surface area contributed by atoms with Gasteiger partial charge in [-0.1, -0.05) is 32.1 Å². The van der Waals surface area contributed by atoms with E-state index in [1.807, 2.05) is 26.8 Å². The first-order chi connectivity index (χ1) is 17.3. The van der Waals surface area contributed by atoms with Gasteiger partial charge in [-0.3, -0.25) is 14.4 Å². The van der Waals surface area contributed by atoms with Crippen LogP contribution in [0.1, 0.15) is 46.1 Å². The molecule has 0 spiro atoms. The molecule has 1 aromatic rings. The number of nitrogens with one attached hydrogen (secondary N) is 2. The van der Waals surface area contributed by atoms with Crippen molar-refractivity contribution in [2.75, 3.05) is 25.0 Å². The Morgan fingerprint density at radius 2 is 2.06 bits per heavy atom. The number of nitrogens with zero attached hydrogens (tertiary/aromatic N) is 1. The number of fused-ring (bicyclic) bond motifs is 1. The summed E-state index contributed by atoms with van der Waals surface area (Å²) in [5.74, 6) is -1.05. The minimum atomic E-state index is -0.637. The summed E-state index contributed by atoms with van der Waals surface area (Å²) in [6.45, 7) is 7.93. The van der Waals surface area contributed by atoms with E-state index in [1.54, 1.807) is 29.4 Å². The largest absolute Gasteiger partial charge is 0.478 e. The summed E-state index contributed by atoms with van der Waals surface area (Å²) >= 11 is 0. The molecule has 1 aromatic carbocycles. The number of carbonyl (C=O) groups excluding carboxylic acids is 2. The number of hydroxylamine groups is 2. The van der Waals surface area contributed by atoms with Crippen LogP contribution >= 0.6 is 0 Å². The van der Waals surface area contributed by atoms with Gasteiger partial charge in [0.25, 0.3) is 11.8 Å². The third-order valence-corrected chi connectivity index (χ3v) is 5.80. The lowest BCUT2D eigenvalue weighted by molar-refractivity contribution is -0.157. The van der Waals surface area contributed by atoms with E-state index in [9.17, 15) is 18.4 Å². The van der Waals surface area contributed by atoms with Crippen molar-refractivity contribution in [1.29, 1.82) is 0 Å². The second-order valence-corrected chi connectivity index (χ2v) is 8.48. The fraction of sp³-hybridized carbons (Fsp3) is 0.407. The molecule has 2 aliphatic rings. The summed E-state index contributed by atoms with van der Waals surface area (Å²) in [4.78, 5) is 30.1. The first kappa shape index (κ1) is 27.3. The van der Waals surface area contributed by atoms with Crippen molar-refractivity contribution in [1.82, 2.24) is 10.4 Å². The van der Waals surface area contributed by atoms with Crippen molar-refractivity contribution >= 4 is 17.5 Å². The highest BCUT2D eigenvalue weighted by Crippen LogP contribution is 2.33. The lowest BCUT2D eigenvalue weighted by atomic mass is 10.0. The van der Waals surface area contributed by atoms with E-state index in [0.717, 1.165) is 0 Å². The van der Waals surface area contributed by atoms with E-state index in [-0.39, 0.29) is 25.0 Å². The Morgan fingerprint density at radius 1 is 1.28 bits per heavy atom. The Labute approximate surface area is 210 Å². The normalized spacial score (nSPS) is 19.3. The number of halogens is 2. The number of likely N-dealkylation sites (N-methyl/N-ethyl adjacent to an activating group) is 1. The average Bonchev–Trinajstić information content (AvgIpc) is 2.84. The molecule has 0 saturated heterocycles. The van der Waals surface area contributed by atoms with Gasteiger partial charge in [-0.15, -0.1) is 0 Å². The zero-order valence-electron chi connectivity index (χ0n) is 21.1. The predicted octanol–water partition coefficient (Wildman–Crippen LogP) is 4.88. The van der Waals surface area contributed by atoms with Crippen LogP contribution in [0, 0.1) is 5.82 Å². The fourth-order valence-corrected chi connectivity index (χ4v) is 3.91. The highest BCUT2D eigenvalue weighted by Gasteiger charge is 2.28. The van der Waals surface area contributed by atoms with Crippen LogP contribution in [0.3, 0.4) is 0 Å². The molecule has 0 fully saturated rings. The maximum Gasteiger partial charge on any atom is 0.265 e. The van der Waals surface area contributed by atoms with Crippen molar-refractivity contribution in [3.05, 3.63) is 70.4 Å². The monoisotopic (exact) mass is 501 g/mol. The topological polar surface area (TPSA) is 79.9 Å². The van der Waals surface area contributed by atoms with E-state index in [0.29, 0.717) is 59.7 Å². The first-order valence-electron chi connectivity index (χ1n) is 12.2. The third-order valence-electron chi connectivity index (χ3n) is 5.80. The molecule has 1 atom stereocenters. The molecule has 0 aliphatic carbocycles. The SMILES string of the molecule is CC/C=C(/C=C\C(C1=CCN(Cc2cc3c(cc2F)OC(CC)C(=O)N3)OC1)=C(/C)F)C(=O)NCC. The molecule has 2 N–H and O–H groups in total. The van der Waals surface area contributed by atoms with Crippen LogP contribution in [0.25, 0.3) is 0 Å². The van der Waals surface area contributed by atoms with Gasteiger partial charge < -0.3 is 15.4 Å². The van der Waals surface area contributed by atoms with Gasteiger partial charge in [0.15, 0.2) is 6.10 Å². The summed E-state index contributed by atoms with van der Waals surface area (Å²) in [5.41, 5.74) is 2.18. The summed E-state index contributed by atoms with van der Waals surface area (Å²) in [5, 5.41) is 7.06. The number of benzene rings is 1. The van der Waals surface area contributed by atoms with Crippen molar-refractivity contribution in [3.63, 3.8) is 0 Å². The highest BCUT2D eigenvalue weighted by molar-refractivity contribution is 5.98. The first-order valence-corrected chi connectivity index (χ1v) is 12.2. The Kier molecular flexibility index (Phi) is 9.55. The van der Waals surface area contributed by atoms with Crippen LogP contribution in [0.2, 0.25) is 0 Å². The van der Waals surface area contributed by atoms with E-state index in [2.05, 4.69) is 10.6 Å². The van der Waals surface area contributed by atoms with Gasteiger partial charge in [-0.25, -0.2) is 8.78 Å². The van der Waals surface area contributed by atoms with Gasteiger partial charge >= 0.3 is 0 Å². The maximum absolute atomic E-state index is 14.7. The van der Waals surface area contributed by atoms with Gasteiger partial charge in [-0.05, 0) is 44.4 Å². The molecule has 36 heavy (non-hydrogen) atoms.